The summed E-state index contributed by atoms with van der Waals surface area (Å²) in [5, 5.41) is 0. The minimum Gasteiger partial charge on any atom is -0.496 e. The van der Waals surface area contributed by atoms with E-state index in [2.05, 4.69) is 29.1 Å². The van der Waals surface area contributed by atoms with Crippen LogP contribution in [0.15, 0.2) is 35.8 Å². The van der Waals surface area contributed by atoms with Crippen LogP contribution in [0.1, 0.15) is 17.3 Å². The van der Waals surface area contributed by atoms with Gasteiger partial charge in [0.25, 0.3) is 0 Å². The lowest BCUT2D eigenvalue weighted by molar-refractivity contribution is 0.101. The summed E-state index contributed by atoms with van der Waals surface area (Å²) in [6, 6.07) is 5.27. The van der Waals surface area contributed by atoms with Gasteiger partial charge in [-0.3, -0.25) is 4.79 Å². The van der Waals surface area contributed by atoms with Crippen molar-refractivity contribution in [3.8, 4) is 5.75 Å². The van der Waals surface area contributed by atoms with Gasteiger partial charge in [-0.15, -0.1) is 13.2 Å². The predicted molar refractivity (Wildman–Crippen MR) is 62.0 cm³/mol. The van der Waals surface area contributed by atoms with E-state index in [0.29, 0.717) is 11.3 Å². The Labute approximate surface area is 92.7 Å². The van der Waals surface area contributed by atoms with Gasteiger partial charge in [-0.1, -0.05) is 6.07 Å². The lowest BCUT2D eigenvalue weighted by Crippen LogP contribution is -1.93. The fourth-order valence-electron chi connectivity index (χ4n) is 0.879. The van der Waals surface area contributed by atoms with Crippen molar-refractivity contribution in [3.05, 3.63) is 41.4 Å². The smallest absolute Gasteiger partial charge is 0.159 e. The van der Waals surface area contributed by atoms with E-state index >= 15 is 0 Å². The predicted octanol–water partition coefficient (Wildman–Crippen LogP) is 3.46. The van der Waals surface area contributed by atoms with E-state index in [9.17, 15) is 4.79 Å². The molecule has 0 heterocycles. The first-order valence-corrected chi connectivity index (χ1v) is 4.79. The summed E-state index contributed by atoms with van der Waals surface area (Å²) in [5.41, 5.74) is 0.662. The van der Waals surface area contributed by atoms with E-state index in [-0.39, 0.29) is 5.78 Å². The molecule has 3 heteroatoms. The third-order valence-corrected chi connectivity index (χ3v) is 2.21. The summed E-state index contributed by atoms with van der Waals surface area (Å²) < 4.78 is 5.89. The van der Waals surface area contributed by atoms with E-state index < -0.39 is 0 Å². The molecular formula is C11H13BrO2. The van der Waals surface area contributed by atoms with E-state index in [1.165, 1.54) is 6.92 Å². The summed E-state index contributed by atoms with van der Waals surface area (Å²) >= 11 is 3.30. The van der Waals surface area contributed by atoms with Gasteiger partial charge in [0.15, 0.2) is 5.78 Å². The molecule has 1 aromatic carbocycles. The van der Waals surface area contributed by atoms with Crippen molar-refractivity contribution in [3.63, 3.8) is 0 Å². The van der Waals surface area contributed by atoms with Gasteiger partial charge >= 0.3 is 0 Å². The molecular weight excluding hydrogens is 244 g/mol. The Kier molecular flexibility index (Phi) is 5.88. The van der Waals surface area contributed by atoms with Crippen LogP contribution in [0, 0.1) is 0 Å². The topological polar surface area (TPSA) is 26.3 Å². The second kappa shape index (κ2) is 6.38. The summed E-state index contributed by atoms with van der Waals surface area (Å²) in [5.74, 6) is 0.725. The van der Waals surface area contributed by atoms with Crippen molar-refractivity contribution in [1.82, 2.24) is 0 Å². The van der Waals surface area contributed by atoms with Crippen LogP contribution < -0.4 is 4.74 Å². The van der Waals surface area contributed by atoms with Crippen LogP contribution in [-0.2, 0) is 0 Å². The van der Waals surface area contributed by atoms with Crippen LogP contribution in [0.3, 0.4) is 0 Å². The number of rotatable bonds is 2. The van der Waals surface area contributed by atoms with Gasteiger partial charge in [-0.2, -0.15) is 0 Å². The SMILES string of the molecule is C=C.COc1cc(C(C)=O)ccc1Br. The number of benzene rings is 1. The second-order valence-electron chi connectivity index (χ2n) is 2.41. The van der Waals surface area contributed by atoms with E-state index in [1.807, 2.05) is 0 Å². The van der Waals surface area contributed by atoms with E-state index in [4.69, 9.17) is 4.74 Å². The summed E-state index contributed by atoms with van der Waals surface area (Å²) in [6.45, 7) is 7.53. The van der Waals surface area contributed by atoms with Crippen molar-refractivity contribution >= 4 is 21.7 Å². The van der Waals surface area contributed by atoms with Crippen molar-refractivity contribution in [2.75, 3.05) is 7.11 Å². The lowest BCUT2D eigenvalue weighted by Gasteiger charge is -2.03. The third kappa shape index (κ3) is 3.34. The van der Waals surface area contributed by atoms with Gasteiger partial charge in [0.1, 0.15) is 5.75 Å². The zero-order valence-corrected chi connectivity index (χ0v) is 9.93. The molecule has 0 bridgehead atoms. The fourth-order valence-corrected chi connectivity index (χ4v) is 1.29. The second-order valence-corrected chi connectivity index (χ2v) is 3.26. The van der Waals surface area contributed by atoms with Crippen LogP contribution in [0.4, 0.5) is 0 Å². The molecule has 0 spiro atoms. The van der Waals surface area contributed by atoms with Crippen LogP contribution in [0.5, 0.6) is 5.75 Å². The average Bonchev–Trinajstić information content (AvgIpc) is 2.21. The quantitative estimate of drug-likeness (QED) is 0.599. The lowest BCUT2D eigenvalue weighted by atomic mass is 10.1. The molecule has 0 atom stereocenters. The van der Waals surface area contributed by atoms with Gasteiger partial charge < -0.3 is 4.74 Å². The number of hydrogen-bond acceptors (Lipinski definition) is 2. The number of carbonyl (C=O) groups excluding carboxylic acids is 1. The molecule has 0 aromatic heterocycles. The molecule has 0 aliphatic carbocycles. The normalized spacial score (nSPS) is 8.50. The molecule has 0 saturated carbocycles. The van der Waals surface area contributed by atoms with Crippen LogP contribution in [0.2, 0.25) is 0 Å². The molecule has 0 amide bonds. The zero-order valence-electron chi connectivity index (χ0n) is 8.34. The maximum atomic E-state index is 11.0. The highest BCUT2D eigenvalue weighted by Gasteiger charge is 2.03. The Bertz CT molecular complexity index is 321. The molecule has 0 fully saturated rings. The zero-order chi connectivity index (χ0) is 11.1. The molecule has 0 radical (unpaired) electrons. The summed E-state index contributed by atoms with van der Waals surface area (Å²) in [6.07, 6.45) is 0. The fraction of sp³-hybridized carbons (Fsp3) is 0.182. The van der Waals surface area contributed by atoms with E-state index in [1.54, 1.807) is 25.3 Å². The third-order valence-electron chi connectivity index (χ3n) is 1.56. The molecule has 2 nitrogen and oxygen atoms in total. The van der Waals surface area contributed by atoms with Crippen molar-refractivity contribution in [1.29, 1.82) is 0 Å². The Balaban J connectivity index is 0.000000791. The Morgan fingerprint density at radius 2 is 2.00 bits per heavy atom. The van der Waals surface area contributed by atoms with Gasteiger partial charge in [-0.05, 0) is 35.0 Å². The number of Topliss-reactive ketones (excluding diaryl/α,β-unsaturated/α-hetero) is 1. The first kappa shape index (κ1) is 12.9. The molecule has 76 valence electrons. The van der Waals surface area contributed by atoms with E-state index in [0.717, 1.165) is 4.47 Å². The summed E-state index contributed by atoms with van der Waals surface area (Å²) in [4.78, 5) is 11.0. The molecule has 0 aliphatic heterocycles. The maximum absolute atomic E-state index is 11.0. The Morgan fingerprint density at radius 1 is 1.43 bits per heavy atom. The van der Waals surface area contributed by atoms with Crippen LogP contribution >= 0.6 is 15.9 Å². The monoisotopic (exact) mass is 256 g/mol. The Morgan fingerprint density at radius 3 is 2.43 bits per heavy atom. The van der Waals surface area contributed by atoms with Gasteiger partial charge in [0, 0.05) is 5.56 Å². The number of carbonyl (C=O) groups is 1. The highest BCUT2D eigenvalue weighted by Crippen LogP contribution is 2.25. The number of ether oxygens (including phenoxy) is 1. The molecule has 1 aromatic rings. The first-order valence-electron chi connectivity index (χ1n) is 3.99. The molecule has 1 rings (SSSR count). The Hall–Kier alpha value is -1.09. The standard InChI is InChI=1S/C9H9BrO2.C2H4/c1-6(11)7-3-4-8(10)9(5-7)12-2;1-2/h3-5H,1-2H3;1-2H2. The maximum Gasteiger partial charge on any atom is 0.159 e. The van der Waals surface area contributed by atoms with Crippen LogP contribution in [0.25, 0.3) is 0 Å². The molecule has 0 saturated heterocycles. The molecule has 14 heavy (non-hydrogen) atoms. The molecule has 0 aliphatic rings. The largest absolute Gasteiger partial charge is 0.496 e. The molecule has 0 unspecified atom stereocenters. The highest BCUT2D eigenvalue weighted by molar-refractivity contribution is 9.10. The minimum atomic E-state index is 0.0424. The minimum absolute atomic E-state index is 0.0424. The number of methoxy groups -OCH3 is 1. The van der Waals surface area contributed by atoms with Gasteiger partial charge in [-0.25, -0.2) is 0 Å². The van der Waals surface area contributed by atoms with Gasteiger partial charge in [0.2, 0.25) is 0 Å². The highest BCUT2D eigenvalue weighted by atomic mass is 79.9. The average molecular weight is 257 g/mol. The van der Waals surface area contributed by atoms with Crippen molar-refractivity contribution in [2.24, 2.45) is 0 Å². The van der Waals surface area contributed by atoms with Crippen molar-refractivity contribution in [2.45, 2.75) is 6.92 Å². The number of ketones is 1. The van der Waals surface area contributed by atoms with Crippen molar-refractivity contribution < 1.29 is 9.53 Å². The number of halogens is 1. The van der Waals surface area contributed by atoms with Crippen LogP contribution in [-0.4, -0.2) is 12.9 Å². The number of hydrogen-bond donors (Lipinski definition) is 0. The first-order chi connectivity index (χ1) is 6.65. The summed E-state index contributed by atoms with van der Waals surface area (Å²) in [7, 11) is 1.57. The molecule has 0 N–H and O–H groups in total. The van der Waals surface area contributed by atoms with Gasteiger partial charge in [0.05, 0.1) is 11.6 Å².